The van der Waals surface area contributed by atoms with Gasteiger partial charge in [-0.2, -0.15) is 5.10 Å². The molecule has 31 heavy (non-hydrogen) atoms. The molecule has 5 heterocycles. The molecule has 4 aromatic heterocycles. The zero-order valence-electron chi connectivity index (χ0n) is 16.9. The summed E-state index contributed by atoms with van der Waals surface area (Å²) in [5.74, 6) is 2.28. The molecule has 0 fully saturated rings. The number of carbonyl (C=O) groups is 1. The van der Waals surface area contributed by atoms with Gasteiger partial charge in [0.15, 0.2) is 11.0 Å². The van der Waals surface area contributed by atoms with Crippen molar-refractivity contribution in [2.45, 2.75) is 24.5 Å². The Hall–Kier alpha value is -3.11. The van der Waals surface area contributed by atoms with Gasteiger partial charge in [-0.1, -0.05) is 17.8 Å². The van der Waals surface area contributed by atoms with Gasteiger partial charge >= 0.3 is 0 Å². The van der Waals surface area contributed by atoms with E-state index in [0.717, 1.165) is 27.7 Å². The molecule has 0 saturated carbocycles. The molecule has 1 atom stereocenters. The molecule has 0 aliphatic carbocycles. The third-order valence-electron chi connectivity index (χ3n) is 5.10. The second kappa shape index (κ2) is 8.20. The summed E-state index contributed by atoms with van der Waals surface area (Å²) in [6.07, 6.45) is 3.87. The zero-order chi connectivity index (χ0) is 21.4. The van der Waals surface area contributed by atoms with Crippen molar-refractivity contribution < 1.29 is 13.6 Å². The number of thioether (sulfide) groups is 1. The lowest BCUT2D eigenvalue weighted by molar-refractivity contribution is -0.130. The van der Waals surface area contributed by atoms with E-state index in [0.29, 0.717) is 17.4 Å². The molecular weight excluding hydrogens is 434 g/mol. The van der Waals surface area contributed by atoms with Crippen LogP contribution in [0.25, 0.3) is 11.4 Å². The monoisotopic (exact) mass is 453 g/mol. The number of carbonyl (C=O) groups excluding carboxylic acids is 1. The molecule has 0 N–H and O–H groups in total. The maximum Gasteiger partial charge on any atom is 0.253 e. The average Bonchev–Trinajstić information content (AvgIpc) is 3.57. The van der Waals surface area contributed by atoms with Gasteiger partial charge in [0.2, 0.25) is 0 Å². The summed E-state index contributed by atoms with van der Waals surface area (Å²) >= 11 is 2.95. The summed E-state index contributed by atoms with van der Waals surface area (Å²) in [5, 5.41) is 17.4. The molecule has 158 valence electrons. The number of hydrazone groups is 1. The number of rotatable bonds is 6. The second-order valence-electron chi connectivity index (χ2n) is 7.04. The molecule has 1 aliphatic rings. The van der Waals surface area contributed by atoms with E-state index in [2.05, 4.69) is 15.3 Å². The Morgan fingerprint density at radius 1 is 1.23 bits per heavy atom. The van der Waals surface area contributed by atoms with Crippen LogP contribution in [0.3, 0.4) is 0 Å². The van der Waals surface area contributed by atoms with Crippen molar-refractivity contribution in [3.05, 3.63) is 64.6 Å². The zero-order valence-corrected chi connectivity index (χ0v) is 18.5. The first-order valence-electron chi connectivity index (χ1n) is 9.65. The van der Waals surface area contributed by atoms with Crippen LogP contribution in [0.15, 0.2) is 67.3 Å². The minimum Gasteiger partial charge on any atom is -0.469 e. The molecule has 1 amide bonds. The van der Waals surface area contributed by atoms with E-state index in [1.807, 2.05) is 54.3 Å². The van der Waals surface area contributed by atoms with E-state index in [1.165, 1.54) is 11.8 Å². The number of nitrogens with zero attached hydrogens (tertiary/aromatic N) is 5. The minimum absolute atomic E-state index is 0.109. The number of aryl methyl sites for hydroxylation is 1. The van der Waals surface area contributed by atoms with Crippen molar-refractivity contribution >= 4 is 34.7 Å². The lowest BCUT2D eigenvalue weighted by Crippen LogP contribution is -2.28. The quantitative estimate of drug-likeness (QED) is 0.399. The molecule has 1 aliphatic heterocycles. The molecule has 0 aromatic carbocycles. The maximum absolute atomic E-state index is 13.1. The fraction of sp³-hybridized carbons (Fsp3) is 0.238. The largest absolute Gasteiger partial charge is 0.469 e. The molecule has 10 heteroatoms. The van der Waals surface area contributed by atoms with E-state index in [-0.39, 0.29) is 17.7 Å². The number of thiophene rings is 1. The predicted octanol–water partition coefficient (Wildman–Crippen LogP) is 4.51. The number of furan rings is 2. The highest BCUT2D eigenvalue weighted by Gasteiger charge is 2.35. The van der Waals surface area contributed by atoms with Gasteiger partial charge in [0, 0.05) is 13.5 Å². The van der Waals surface area contributed by atoms with Gasteiger partial charge < -0.3 is 13.4 Å². The normalized spacial score (nSPS) is 16.1. The van der Waals surface area contributed by atoms with Crippen LogP contribution in [0.2, 0.25) is 0 Å². The number of hydrogen-bond acceptors (Lipinski definition) is 8. The van der Waals surface area contributed by atoms with E-state index in [1.54, 1.807) is 28.9 Å². The van der Waals surface area contributed by atoms with E-state index < -0.39 is 0 Å². The van der Waals surface area contributed by atoms with Crippen LogP contribution in [-0.4, -0.2) is 37.1 Å². The predicted molar refractivity (Wildman–Crippen MR) is 118 cm³/mol. The minimum atomic E-state index is -0.246. The van der Waals surface area contributed by atoms with Crippen LogP contribution in [0.5, 0.6) is 0 Å². The van der Waals surface area contributed by atoms with Gasteiger partial charge in [0.05, 0.1) is 34.4 Å². The fourth-order valence-corrected chi connectivity index (χ4v) is 5.00. The maximum atomic E-state index is 13.1. The number of amides is 1. The molecular formula is C21H19N5O3S2. The fourth-order valence-electron chi connectivity index (χ4n) is 3.52. The smallest absolute Gasteiger partial charge is 0.253 e. The topological polar surface area (TPSA) is 89.7 Å². The molecule has 8 nitrogen and oxygen atoms in total. The summed E-state index contributed by atoms with van der Waals surface area (Å²) in [6, 6.07) is 9.33. The van der Waals surface area contributed by atoms with Gasteiger partial charge in [-0.15, -0.1) is 21.5 Å². The number of hydrogen-bond donors (Lipinski definition) is 0. The molecule has 0 radical (unpaired) electrons. The van der Waals surface area contributed by atoms with Crippen molar-refractivity contribution in [1.29, 1.82) is 0 Å². The first-order chi connectivity index (χ1) is 15.1. The van der Waals surface area contributed by atoms with Crippen LogP contribution in [-0.2, 0) is 11.8 Å². The van der Waals surface area contributed by atoms with Gasteiger partial charge in [-0.3, -0.25) is 4.79 Å². The highest BCUT2D eigenvalue weighted by Crippen LogP contribution is 2.35. The first kappa shape index (κ1) is 19.8. The lowest BCUT2D eigenvalue weighted by atomic mass is 10.1. The van der Waals surface area contributed by atoms with Crippen molar-refractivity contribution in [1.82, 2.24) is 19.8 Å². The Labute approximate surface area is 186 Å². The molecule has 1 unspecified atom stereocenters. The van der Waals surface area contributed by atoms with E-state index in [4.69, 9.17) is 8.83 Å². The van der Waals surface area contributed by atoms with Crippen molar-refractivity contribution in [2.75, 3.05) is 5.75 Å². The third-order valence-corrected chi connectivity index (χ3v) is 7.03. The van der Waals surface area contributed by atoms with Crippen LogP contribution in [0.1, 0.15) is 28.9 Å². The van der Waals surface area contributed by atoms with E-state index >= 15 is 0 Å². The summed E-state index contributed by atoms with van der Waals surface area (Å²) in [6.45, 7) is 1.88. The Balaban J connectivity index is 1.34. The van der Waals surface area contributed by atoms with Crippen molar-refractivity contribution in [2.24, 2.45) is 12.1 Å². The second-order valence-corrected chi connectivity index (χ2v) is 8.93. The Bertz CT molecular complexity index is 1220. The third kappa shape index (κ3) is 3.72. The highest BCUT2D eigenvalue weighted by molar-refractivity contribution is 7.99. The molecule has 4 aromatic rings. The summed E-state index contributed by atoms with van der Waals surface area (Å²) in [5.41, 5.74) is 1.78. The Kier molecular flexibility index (Phi) is 5.24. The summed E-state index contributed by atoms with van der Waals surface area (Å²) < 4.78 is 12.8. The Morgan fingerprint density at radius 3 is 2.84 bits per heavy atom. The average molecular weight is 454 g/mol. The van der Waals surface area contributed by atoms with Crippen LogP contribution in [0.4, 0.5) is 0 Å². The summed E-state index contributed by atoms with van der Waals surface area (Å²) in [4.78, 5) is 14.2. The Morgan fingerprint density at radius 2 is 2.13 bits per heavy atom. The first-order valence-corrected chi connectivity index (χ1v) is 11.5. The SMILES string of the molecule is Cc1occc1-c1nnc(SCC(=O)N2N=C(c3cccs3)CC2c2ccco2)n1C. The van der Waals surface area contributed by atoms with E-state index in [9.17, 15) is 4.79 Å². The molecule has 0 spiro atoms. The van der Waals surface area contributed by atoms with Crippen molar-refractivity contribution in [3.8, 4) is 11.4 Å². The van der Waals surface area contributed by atoms with Crippen LogP contribution >= 0.6 is 23.1 Å². The lowest BCUT2D eigenvalue weighted by Gasteiger charge is -2.19. The number of aromatic nitrogens is 3. The van der Waals surface area contributed by atoms with Crippen LogP contribution in [0, 0.1) is 6.92 Å². The molecule has 0 bridgehead atoms. The standard InChI is InChI=1S/C21H19N5O3S2/c1-13-14(7-9-28-13)20-22-23-21(25(20)2)31-12-19(27)26-16(17-5-3-8-29-17)11-15(24-26)18-6-4-10-30-18/h3-10,16H,11-12H2,1-2H3. The summed E-state index contributed by atoms with van der Waals surface area (Å²) in [7, 11) is 1.88. The molecule has 5 rings (SSSR count). The van der Waals surface area contributed by atoms with Crippen molar-refractivity contribution in [3.63, 3.8) is 0 Å². The van der Waals surface area contributed by atoms with Gasteiger partial charge in [0.25, 0.3) is 5.91 Å². The van der Waals surface area contributed by atoms with Crippen LogP contribution < -0.4 is 0 Å². The van der Waals surface area contributed by atoms with Gasteiger partial charge in [-0.25, -0.2) is 5.01 Å². The molecule has 0 saturated heterocycles. The van der Waals surface area contributed by atoms with Gasteiger partial charge in [0.1, 0.15) is 17.6 Å². The van der Waals surface area contributed by atoms with Gasteiger partial charge in [-0.05, 0) is 36.6 Å². The highest BCUT2D eigenvalue weighted by atomic mass is 32.2.